The van der Waals surface area contributed by atoms with Crippen molar-refractivity contribution < 1.29 is 9.90 Å². The number of benzene rings is 1. The van der Waals surface area contributed by atoms with Crippen molar-refractivity contribution in [2.45, 2.75) is 65.7 Å². The third-order valence-corrected chi connectivity index (χ3v) is 4.36. The van der Waals surface area contributed by atoms with Crippen LogP contribution in [0.25, 0.3) is 0 Å². The van der Waals surface area contributed by atoms with Crippen molar-refractivity contribution in [2.75, 3.05) is 6.54 Å². The Kier molecular flexibility index (Phi) is 9.42. The van der Waals surface area contributed by atoms with Crippen molar-refractivity contribution in [1.82, 2.24) is 5.32 Å². The molecule has 0 radical (unpaired) electrons. The molecule has 1 rings (SSSR count). The van der Waals surface area contributed by atoms with Crippen LogP contribution in [0.2, 0.25) is 0 Å². The molecule has 23 heavy (non-hydrogen) atoms. The van der Waals surface area contributed by atoms with Gasteiger partial charge in [0.1, 0.15) is 5.75 Å². The number of hydrogen-bond donors (Lipinski definition) is 2. The highest BCUT2D eigenvalue weighted by molar-refractivity contribution is 5.79. The Balaban J connectivity index is 2.35. The van der Waals surface area contributed by atoms with Crippen LogP contribution in [0.3, 0.4) is 0 Å². The second kappa shape index (κ2) is 11.1. The Bertz CT molecular complexity index is 439. The monoisotopic (exact) mass is 319 g/mol. The first-order valence-electron chi connectivity index (χ1n) is 9.10. The van der Waals surface area contributed by atoms with Gasteiger partial charge < -0.3 is 10.4 Å². The molecule has 0 aliphatic heterocycles. The van der Waals surface area contributed by atoms with Crippen molar-refractivity contribution in [1.29, 1.82) is 0 Å². The molecule has 0 fully saturated rings. The van der Waals surface area contributed by atoms with Gasteiger partial charge in [0.15, 0.2) is 0 Å². The minimum atomic E-state index is -0.0142. The topological polar surface area (TPSA) is 49.3 Å². The van der Waals surface area contributed by atoms with E-state index in [9.17, 15) is 9.90 Å². The van der Waals surface area contributed by atoms with Crippen molar-refractivity contribution in [3.63, 3.8) is 0 Å². The summed E-state index contributed by atoms with van der Waals surface area (Å²) in [7, 11) is 0. The summed E-state index contributed by atoms with van der Waals surface area (Å²) in [6.07, 6.45) is 8.15. The summed E-state index contributed by atoms with van der Waals surface area (Å²) in [5.41, 5.74) is 1.09. The predicted octanol–water partition coefficient (Wildman–Crippen LogP) is 4.68. The van der Waals surface area contributed by atoms with Crippen LogP contribution in [-0.4, -0.2) is 17.6 Å². The first-order valence-corrected chi connectivity index (χ1v) is 9.10. The molecule has 2 N–H and O–H groups in total. The van der Waals surface area contributed by atoms with Crippen LogP contribution in [-0.2, 0) is 11.2 Å². The van der Waals surface area contributed by atoms with Crippen LogP contribution in [0.5, 0.6) is 5.75 Å². The number of phenols is 1. The van der Waals surface area contributed by atoms with Crippen LogP contribution in [0.1, 0.15) is 64.9 Å². The molecule has 1 amide bonds. The predicted molar refractivity (Wildman–Crippen MR) is 96.5 cm³/mol. The van der Waals surface area contributed by atoms with Gasteiger partial charge in [-0.25, -0.2) is 0 Å². The Labute approximate surface area is 141 Å². The van der Waals surface area contributed by atoms with Gasteiger partial charge in [0.2, 0.25) is 5.91 Å². The molecule has 0 spiro atoms. The number of aromatic hydroxyl groups is 1. The number of carbonyl (C=O) groups excluding carboxylic acids is 1. The smallest absolute Gasteiger partial charge is 0.223 e. The molecule has 1 aromatic carbocycles. The molecule has 0 saturated carbocycles. The van der Waals surface area contributed by atoms with Crippen LogP contribution < -0.4 is 5.32 Å². The summed E-state index contributed by atoms with van der Waals surface area (Å²) in [4.78, 5) is 12.4. The molecular formula is C20H33NO2. The maximum Gasteiger partial charge on any atom is 0.223 e. The Morgan fingerprint density at radius 1 is 1.04 bits per heavy atom. The molecule has 130 valence electrons. The molecule has 3 nitrogen and oxygen atoms in total. The lowest BCUT2D eigenvalue weighted by molar-refractivity contribution is -0.126. The van der Waals surface area contributed by atoms with E-state index in [0.29, 0.717) is 5.92 Å². The first-order chi connectivity index (χ1) is 11.0. The van der Waals surface area contributed by atoms with Gasteiger partial charge in [0.25, 0.3) is 0 Å². The number of hydrogen-bond acceptors (Lipinski definition) is 2. The van der Waals surface area contributed by atoms with Gasteiger partial charge in [-0.15, -0.1) is 0 Å². The minimum Gasteiger partial charge on any atom is -0.508 e. The lowest BCUT2D eigenvalue weighted by Gasteiger charge is -2.20. The van der Waals surface area contributed by atoms with Crippen molar-refractivity contribution in [3.8, 4) is 5.75 Å². The van der Waals surface area contributed by atoms with E-state index in [1.807, 2.05) is 12.1 Å². The third-order valence-electron chi connectivity index (χ3n) is 4.36. The van der Waals surface area contributed by atoms with Crippen LogP contribution in [0.15, 0.2) is 24.3 Å². The van der Waals surface area contributed by atoms with E-state index in [-0.39, 0.29) is 17.6 Å². The largest absolute Gasteiger partial charge is 0.508 e. The van der Waals surface area contributed by atoms with Gasteiger partial charge in [-0.05, 0) is 36.5 Å². The van der Waals surface area contributed by atoms with Gasteiger partial charge in [-0.3, -0.25) is 4.79 Å². The fraction of sp³-hybridized carbons (Fsp3) is 0.650. The number of nitrogens with one attached hydrogen (secondary N) is 1. The highest BCUT2D eigenvalue weighted by Crippen LogP contribution is 2.19. The highest BCUT2D eigenvalue weighted by atomic mass is 16.3. The summed E-state index contributed by atoms with van der Waals surface area (Å²) < 4.78 is 0. The summed E-state index contributed by atoms with van der Waals surface area (Å²) in [5.74, 6) is 0.706. The Hall–Kier alpha value is -1.51. The number of unbranched alkanes of at least 4 members (excludes halogenated alkanes) is 5. The highest BCUT2D eigenvalue weighted by Gasteiger charge is 2.22. The summed E-state index contributed by atoms with van der Waals surface area (Å²) >= 11 is 0. The maximum absolute atomic E-state index is 12.4. The van der Waals surface area contributed by atoms with Crippen molar-refractivity contribution in [3.05, 3.63) is 29.8 Å². The van der Waals surface area contributed by atoms with E-state index in [0.717, 1.165) is 24.9 Å². The van der Waals surface area contributed by atoms with Gasteiger partial charge in [-0.1, -0.05) is 65.0 Å². The average molecular weight is 319 g/mol. The molecule has 0 aliphatic rings. The second-order valence-corrected chi connectivity index (χ2v) is 6.78. The van der Waals surface area contributed by atoms with E-state index >= 15 is 0 Å². The lowest BCUT2D eigenvalue weighted by Crippen LogP contribution is -2.35. The van der Waals surface area contributed by atoms with E-state index in [1.54, 1.807) is 12.1 Å². The molecular weight excluding hydrogens is 286 g/mol. The molecule has 0 saturated heterocycles. The quantitative estimate of drug-likeness (QED) is 0.582. The van der Waals surface area contributed by atoms with E-state index in [4.69, 9.17) is 0 Å². The summed E-state index contributed by atoms with van der Waals surface area (Å²) in [5, 5.41) is 12.4. The SMILES string of the molecule is CCCCCCCCNC(=O)C(Cc1ccc(O)cc1)C(C)C. The molecule has 1 aromatic rings. The third kappa shape index (κ3) is 8.06. The molecule has 1 atom stereocenters. The van der Waals surface area contributed by atoms with E-state index in [2.05, 4.69) is 26.1 Å². The fourth-order valence-corrected chi connectivity index (χ4v) is 2.77. The van der Waals surface area contributed by atoms with E-state index in [1.165, 1.54) is 32.1 Å². The number of carbonyl (C=O) groups is 1. The zero-order valence-corrected chi connectivity index (χ0v) is 15.0. The number of phenolic OH excluding ortho intramolecular Hbond substituents is 1. The zero-order valence-electron chi connectivity index (χ0n) is 15.0. The normalized spacial score (nSPS) is 12.3. The molecule has 0 bridgehead atoms. The van der Waals surface area contributed by atoms with Gasteiger partial charge in [0, 0.05) is 12.5 Å². The Morgan fingerprint density at radius 3 is 2.26 bits per heavy atom. The molecule has 0 heterocycles. The average Bonchev–Trinajstić information content (AvgIpc) is 2.53. The van der Waals surface area contributed by atoms with E-state index < -0.39 is 0 Å². The molecule has 3 heteroatoms. The molecule has 1 unspecified atom stereocenters. The van der Waals surface area contributed by atoms with Gasteiger partial charge in [-0.2, -0.15) is 0 Å². The number of rotatable bonds is 11. The minimum absolute atomic E-state index is 0.0142. The molecule has 0 aromatic heterocycles. The van der Waals surface area contributed by atoms with Gasteiger partial charge in [0.05, 0.1) is 0 Å². The molecule has 0 aliphatic carbocycles. The first kappa shape index (κ1) is 19.5. The summed E-state index contributed by atoms with van der Waals surface area (Å²) in [6, 6.07) is 7.15. The standard InChI is InChI=1S/C20H33NO2/c1-4-5-6-7-8-9-14-21-20(23)19(16(2)3)15-17-10-12-18(22)13-11-17/h10-13,16,19,22H,4-9,14-15H2,1-3H3,(H,21,23). The van der Waals surface area contributed by atoms with Gasteiger partial charge >= 0.3 is 0 Å². The van der Waals surface area contributed by atoms with Crippen molar-refractivity contribution >= 4 is 5.91 Å². The van der Waals surface area contributed by atoms with Crippen LogP contribution in [0, 0.1) is 11.8 Å². The van der Waals surface area contributed by atoms with Crippen LogP contribution in [0.4, 0.5) is 0 Å². The lowest BCUT2D eigenvalue weighted by atomic mass is 9.88. The summed E-state index contributed by atoms with van der Waals surface area (Å²) in [6.45, 7) is 7.19. The zero-order chi connectivity index (χ0) is 17.1. The van der Waals surface area contributed by atoms with Crippen molar-refractivity contribution in [2.24, 2.45) is 11.8 Å². The number of amides is 1. The van der Waals surface area contributed by atoms with Crippen LogP contribution >= 0.6 is 0 Å². The Morgan fingerprint density at radius 2 is 1.65 bits per heavy atom. The second-order valence-electron chi connectivity index (χ2n) is 6.78. The maximum atomic E-state index is 12.4. The fourth-order valence-electron chi connectivity index (χ4n) is 2.77.